The molecule has 0 spiro atoms. The molecule has 2 atom stereocenters. The molecule has 1 heterocycles. The summed E-state index contributed by atoms with van der Waals surface area (Å²) in [5, 5.41) is 10.8. The van der Waals surface area contributed by atoms with Crippen LogP contribution in [0.3, 0.4) is 0 Å². The van der Waals surface area contributed by atoms with Gasteiger partial charge in [-0.2, -0.15) is 0 Å². The monoisotopic (exact) mass is 475 g/mol. The van der Waals surface area contributed by atoms with Crippen LogP contribution in [0.25, 0.3) is 11.0 Å². The summed E-state index contributed by atoms with van der Waals surface area (Å²) in [6, 6.07) is 19.2. The third-order valence-electron chi connectivity index (χ3n) is 6.28. The number of rotatable bonds is 8. The second-order valence-corrected chi connectivity index (χ2v) is 8.79. The fourth-order valence-electron chi connectivity index (χ4n) is 4.45. The molecule has 1 fully saturated rings. The van der Waals surface area contributed by atoms with E-state index in [0.717, 1.165) is 28.7 Å². The first-order valence-corrected chi connectivity index (χ1v) is 11.4. The van der Waals surface area contributed by atoms with Gasteiger partial charge in [-0.3, -0.25) is 4.79 Å². The minimum atomic E-state index is -0.0142. The minimum Gasteiger partial charge on any atom is -0.502 e. The number of aromatic hydroxyl groups is 1. The van der Waals surface area contributed by atoms with Crippen LogP contribution in [0.5, 0.6) is 17.2 Å². The van der Waals surface area contributed by atoms with Crippen LogP contribution < -0.4 is 14.4 Å². The van der Waals surface area contributed by atoms with Gasteiger partial charge in [0.2, 0.25) is 5.75 Å². The van der Waals surface area contributed by atoms with Crippen LogP contribution in [0.2, 0.25) is 0 Å². The number of benzene rings is 3. The van der Waals surface area contributed by atoms with Crippen molar-refractivity contribution in [1.29, 1.82) is 0 Å². The van der Waals surface area contributed by atoms with Crippen molar-refractivity contribution in [2.45, 2.75) is 23.5 Å². The van der Waals surface area contributed by atoms with Gasteiger partial charge in [-0.15, -0.1) is 12.6 Å². The number of carbonyl (C=O) groups excluding carboxylic acids is 1. The Bertz CT molecular complexity index is 1330. The number of Topliss-reactive ketones (excluding diaryl/α,β-unsaturated/α-hetero) is 1. The Morgan fingerprint density at radius 1 is 1.12 bits per heavy atom. The van der Waals surface area contributed by atoms with E-state index in [9.17, 15) is 9.90 Å². The van der Waals surface area contributed by atoms with E-state index in [-0.39, 0.29) is 30.0 Å². The van der Waals surface area contributed by atoms with Crippen molar-refractivity contribution in [3.05, 3.63) is 71.8 Å². The zero-order valence-electron chi connectivity index (χ0n) is 18.9. The largest absolute Gasteiger partial charge is 0.502 e. The first-order chi connectivity index (χ1) is 16.5. The number of anilines is 1. The number of aromatic nitrogens is 2. The fraction of sp³-hybridized carbons (Fsp3) is 0.231. The van der Waals surface area contributed by atoms with E-state index in [0.29, 0.717) is 22.2 Å². The number of hydrogen-bond acceptors (Lipinski definition) is 7. The lowest BCUT2D eigenvalue weighted by atomic mass is 10.1. The zero-order valence-corrected chi connectivity index (χ0v) is 19.8. The van der Waals surface area contributed by atoms with E-state index in [4.69, 9.17) is 9.47 Å². The van der Waals surface area contributed by atoms with Gasteiger partial charge in [0.1, 0.15) is 0 Å². The zero-order chi connectivity index (χ0) is 23.8. The molecule has 34 heavy (non-hydrogen) atoms. The normalized spacial score (nSPS) is 16.9. The molecule has 0 amide bonds. The SMILES string of the molecule is COc1cc(C2CC2N(CC(=O)c2ccc3nc(S)[nH]c3c2)c2ccccc2)cc(OC)c1O. The molecular weight excluding hydrogens is 450 g/mol. The molecule has 8 heteroatoms. The van der Waals surface area contributed by atoms with Crippen molar-refractivity contribution in [3.8, 4) is 17.2 Å². The number of hydrogen-bond donors (Lipinski definition) is 3. The Labute approximate surface area is 202 Å². The Hall–Kier alpha value is -3.65. The molecular formula is C26H25N3O4S. The number of nitrogens with one attached hydrogen (secondary N) is 1. The summed E-state index contributed by atoms with van der Waals surface area (Å²) in [5.41, 5.74) is 4.18. The molecule has 1 saturated carbocycles. The number of para-hydroxylation sites is 1. The third-order valence-corrected chi connectivity index (χ3v) is 6.49. The highest BCUT2D eigenvalue weighted by Crippen LogP contribution is 2.50. The van der Waals surface area contributed by atoms with Gasteiger partial charge in [0.25, 0.3) is 0 Å². The van der Waals surface area contributed by atoms with Crippen LogP contribution in [-0.4, -0.2) is 47.7 Å². The molecule has 1 aromatic heterocycles. The Morgan fingerprint density at radius 2 is 1.82 bits per heavy atom. The number of carbonyl (C=O) groups is 1. The molecule has 1 aliphatic rings. The number of fused-ring (bicyclic) bond motifs is 1. The number of nitrogens with zero attached hydrogens (tertiary/aromatic N) is 2. The molecule has 3 aromatic carbocycles. The van der Waals surface area contributed by atoms with E-state index >= 15 is 0 Å². The van der Waals surface area contributed by atoms with Gasteiger partial charge in [0.15, 0.2) is 22.4 Å². The first-order valence-electron chi connectivity index (χ1n) is 11.0. The highest BCUT2D eigenvalue weighted by Gasteiger charge is 2.44. The van der Waals surface area contributed by atoms with Crippen LogP contribution in [0.1, 0.15) is 28.3 Å². The molecule has 174 valence electrons. The lowest BCUT2D eigenvalue weighted by Gasteiger charge is -2.25. The summed E-state index contributed by atoms with van der Waals surface area (Å²) < 4.78 is 10.7. The predicted molar refractivity (Wildman–Crippen MR) is 134 cm³/mol. The van der Waals surface area contributed by atoms with E-state index in [1.165, 1.54) is 14.2 Å². The smallest absolute Gasteiger partial charge is 0.200 e. The van der Waals surface area contributed by atoms with Crippen molar-refractivity contribution >= 4 is 35.1 Å². The molecule has 2 N–H and O–H groups in total. The highest BCUT2D eigenvalue weighted by atomic mass is 32.1. The molecule has 2 unspecified atom stereocenters. The number of aromatic amines is 1. The summed E-state index contributed by atoms with van der Waals surface area (Å²) in [4.78, 5) is 22.8. The van der Waals surface area contributed by atoms with Gasteiger partial charge < -0.3 is 24.5 Å². The van der Waals surface area contributed by atoms with Crippen LogP contribution in [0.15, 0.2) is 65.8 Å². The quantitative estimate of drug-likeness (QED) is 0.250. The van der Waals surface area contributed by atoms with Gasteiger partial charge in [-0.1, -0.05) is 18.2 Å². The van der Waals surface area contributed by atoms with Crippen molar-refractivity contribution in [3.63, 3.8) is 0 Å². The molecule has 0 aliphatic heterocycles. The van der Waals surface area contributed by atoms with Gasteiger partial charge in [-0.25, -0.2) is 4.98 Å². The molecule has 5 rings (SSSR count). The maximum atomic E-state index is 13.3. The number of ketones is 1. The topological polar surface area (TPSA) is 87.7 Å². The number of phenols is 1. The number of thiol groups is 1. The second-order valence-electron chi connectivity index (χ2n) is 8.36. The molecule has 1 aliphatic carbocycles. The fourth-order valence-corrected chi connectivity index (χ4v) is 4.68. The summed E-state index contributed by atoms with van der Waals surface area (Å²) in [6.07, 6.45) is 0.877. The summed E-state index contributed by atoms with van der Waals surface area (Å²) in [6.45, 7) is 0.241. The van der Waals surface area contributed by atoms with Crippen molar-refractivity contribution in [1.82, 2.24) is 9.97 Å². The lowest BCUT2D eigenvalue weighted by molar-refractivity contribution is 0.0998. The molecule has 4 aromatic rings. The van der Waals surface area contributed by atoms with Gasteiger partial charge >= 0.3 is 0 Å². The first kappa shape index (κ1) is 22.2. The molecule has 0 bridgehead atoms. The third kappa shape index (κ3) is 4.17. The van der Waals surface area contributed by atoms with Gasteiger partial charge in [0, 0.05) is 23.2 Å². The van der Waals surface area contributed by atoms with Crippen molar-refractivity contribution in [2.75, 3.05) is 25.7 Å². The van der Waals surface area contributed by atoms with Gasteiger partial charge in [-0.05, 0) is 54.4 Å². The van der Waals surface area contributed by atoms with Crippen molar-refractivity contribution < 1.29 is 19.4 Å². The average molecular weight is 476 g/mol. The van der Waals surface area contributed by atoms with E-state index in [1.54, 1.807) is 0 Å². The maximum absolute atomic E-state index is 13.3. The van der Waals surface area contributed by atoms with Crippen molar-refractivity contribution in [2.24, 2.45) is 0 Å². The number of phenolic OH excluding ortho intramolecular Hbond substituents is 1. The second kappa shape index (κ2) is 8.95. The van der Waals surface area contributed by atoms with Crippen LogP contribution in [-0.2, 0) is 0 Å². The maximum Gasteiger partial charge on any atom is 0.200 e. The minimum absolute atomic E-state index is 0.0142. The summed E-state index contributed by atoms with van der Waals surface area (Å²) in [7, 11) is 3.04. The Balaban J connectivity index is 1.43. The molecule has 7 nitrogen and oxygen atoms in total. The van der Waals surface area contributed by atoms with Crippen LogP contribution in [0, 0.1) is 0 Å². The van der Waals surface area contributed by atoms with Gasteiger partial charge in [0.05, 0.1) is 31.8 Å². The number of imidazole rings is 1. The van der Waals surface area contributed by atoms with E-state index in [1.807, 2.05) is 60.7 Å². The number of ether oxygens (including phenoxy) is 2. The number of H-pyrrole nitrogens is 1. The molecule has 0 saturated heterocycles. The van der Waals surface area contributed by atoms with E-state index in [2.05, 4.69) is 27.5 Å². The Kier molecular flexibility index (Phi) is 5.83. The number of methoxy groups -OCH3 is 2. The summed E-state index contributed by atoms with van der Waals surface area (Å²) >= 11 is 4.25. The van der Waals surface area contributed by atoms with E-state index < -0.39 is 0 Å². The standard InChI is InChI=1S/C26H25N3O4S/c1-32-23-11-16(12-24(33-2)25(23)31)18-13-21(18)29(17-6-4-3-5-7-17)14-22(30)15-8-9-19-20(10-15)28-26(34)27-19/h3-12,18,21,31H,13-14H2,1-2H3,(H2,27,28,34). The lowest BCUT2D eigenvalue weighted by Crippen LogP contribution is -2.32. The van der Waals surface area contributed by atoms with Crippen LogP contribution >= 0.6 is 12.6 Å². The highest BCUT2D eigenvalue weighted by molar-refractivity contribution is 7.80. The van der Waals surface area contributed by atoms with Crippen LogP contribution in [0.4, 0.5) is 5.69 Å². The summed E-state index contributed by atoms with van der Waals surface area (Å²) in [5.74, 6) is 0.933. The average Bonchev–Trinajstić information content (AvgIpc) is 3.55. The Morgan fingerprint density at radius 3 is 2.50 bits per heavy atom. The predicted octanol–water partition coefficient (Wildman–Crippen LogP) is 4.82. The molecule has 0 radical (unpaired) electrons.